The number of aliphatic hydroxyl groups is 3. The highest BCUT2D eigenvalue weighted by molar-refractivity contribution is 5.68. The summed E-state index contributed by atoms with van der Waals surface area (Å²) in [6.07, 6.45) is -3.41. The molecule has 0 aromatic rings. The number of hydrogen-bond acceptors (Lipinski definition) is 16. The summed E-state index contributed by atoms with van der Waals surface area (Å²) in [6, 6.07) is 0. The van der Waals surface area contributed by atoms with E-state index in [-0.39, 0.29) is 48.6 Å². The number of aliphatic carboxylic acids is 1. The van der Waals surface area contributed by atoms with Gasteiger partial charge in [0.15, 0.2) is 23.7 Å². The van der Waals surface area contributed by atoms with Crippen molar-refractivity contribution in [2.45, 2.75) is 234 Å². The van der Waals surface area contributed by atoms with Crippen molar-refractivity contribution < 1.29 is 82.1 Å². The number of carboxylic acid groups (broad SMARTS) is 1. The number of methoxy groups -OCH3 is 4. The van der Waals surface area contributed by atoms with Crippen LogP contribution in [0.25, 0.3) is 0 Å². The predicted molar refractivity (Wildman–Crippen MR) is 228 cm³/mol. The lowest BCUT2D eigenvalue weighted by atomic mass is 9.75. The molecular weight excluding hydrogens is 837 g/mol. The molecule has 64 heavy (non-hydrogen) atoms. The third-order valence-corrected chi connectivity index (χ3v) is 16.7. The summed E-state index contributed by atoms with van der Waals surface area (Å²) in [4.78, 5) is 11.9. The fourth-order valence-corrected chi connectivity index (χ4v) is 12.6. The first-order chi connectivity index (χ1) is 30.0. The van der Waals surface area contributed by atoms with E-state index in [0.29, 0.717) is 38.5 Å². The largest absolute Gasteiger partial charge is 0.481 e. The van der Waals surface area contributed by atoms with Crippen LogP contribution in [0.2, 0.25) is 0 Å². The van der Waals surface area contributed by atoms with Gasteiger partial charge in [0.25, 0.3) is 0 Å². The zero-order chi connectivity index (χ0) is 46.9. The molecule has 0 radical (unpaired) electrons. The molecular formula is C47H80O17. The highest BCUT2D eigenvalue weighted by Gasteiger charge is 2.64. The van der Waals surface area contributed by atoms with Gasteiger partial charge >= 0.3 is 5.97 Å². The maximum atomic E-state index is 11.9. The highest BCUT2D eigenvalue weighted by Crippen LogP contribution is 2.55. The van der Waals surface area contributed by atoms with Gasteiger partial charge in [-0.15, -0.1) is 0 Å². The van der Waals surface area contributed by atoms with Gasteiger partial charge in [-0.05, 0) is 59.3 Å². The first-order valence-corrected chi connectivity index (χ1v) is 23.8. The molecule has 0 aliphatic carbocycles. The summed E-state index contributed by atoms with van der Waals surface area (Å²) in [7, 11) is 6.35. The van der Waals surface area contributed by atoms with Crippen molar-refractivity contribution in [2.24, 2.45) is 29.6 Å². The SMILES string of the molecule is COC1CC(C)OC(OC2CC(C3OC(C)(O)C(C)CC3C)OC2C2(C)CCC(C3(C)CCC4(CC(O)C(C)C(C(C)C5OC(O)(CC(=O)O)C(C)C(OC)C5OC)O4)O3)O2)C1OC. The third-order valence-electron chi connectivity index (χ3n) is 16.7. The van der Waals surface area contributed by atoms with Crippen molar-refractivity contribution in [3.8, 4) is 0 Å². The van der Waals surface area contributed by atoms with Crippen LogP contribution in [0.1, 0.15) is 120 Å². The number of carboxylic acids is 1. The first kappa shape index (κ1) is 50.7. The minimum absolute atomic E-state index is 0.0464. The van der Waals surface area contributed by atoms with Crippen LogP contribution in [0.3, 0.4) is 0 Å². The Hall–Kier alpha value is -1.13. The molecule has 7 rings (SSSR count). The van der Waals surface area contributed by atoms with Crippen LogP contribution in [0.4, 0.5) is 0 Å². The van der Waals surface area contributed by atoms with E-state index in [2.05, 4.69) is 13.8 Å². The zero-order valence-corrected chi connectivity index (χ0v) is 40.4. The van der Waals surface area contributed by atoms with E-state index >= 15 is 0 Å². The van der Waals surface area contributed by atoms with Crippen molar-refractivity contribution in [2.75, 3.05) is 28.4 Å². The van der Waals surface area contributed by atoms with Gasteiger partial charge in [0.2, 0.25) is 0 Å². The lowest BCUT2D eigenvalue weighted by Gasteiger charge is -2.53. The molecule has 370 valence electrons. The second kappa shape index (κ2) is 19.0. The Morgan fingerprint density at radius 2 is 1.45 bits per heavy atom. The Morgan fingerprint density at radius 3 is 2.09 bits per heavy atom. The van der Waals surface area contributed by atoms with Crippen LogP contribution < -0.4 is 0 Å². The summed E-state index contributed by atoms with van der Waals surface area (Å²) in [5.41, 5.74) is -1.63. The molecule has 24 atom stereocenters. The molecule has 7 fully saturated rings. The average molecular weight is 917 g/mol. The van der Waals surface area contributed by atoms with Gasteiger partial charge in [0.05, 0.1) is 78.7 Å². The number of hydrogen-bond donors (Lipinski definition) is 4. The lowest BCUT2D eigenvalue weighted by molar-refractivity contribution is -0.365. The van der Waals surface area contributed by atoms with Gasteiger partial charge in [0.1, 0.15) is 18.3 Å². The molecule has 0 saturated carbocycles. The van der Waals surface area contributed by atoms with Gasteiger partial charge in [-0.25, -0.2) is 0 Å². The van der Waals surface area contributed by atoms with Crippen molar-refractivity contribution in [3.63, 3.8) is 0 Å². The maximum absolute atomic E-state index is 11.9. The Bertz CT molecular complexity index is 1600. The second-order valence-corrected chi connectivity index (χ2v) is 21.3. The van der Waals surface area contributed by atoms with Crippen LogP contribution in [-0.4, -0.2) is 169 Å². The molecule has 7 aliphatic heterocycles. The fourth-order valence-electron chi connectivity index (χ4n) is 12.6. The van der Waals surface area contributed by atoms with Crippen LogP contribution >= 0.6 is 0 Å². The summed E-state index contributed by atoms with van der Waals surface area (Å²) in [5, 5.41) is 44.4. The summed E-state index contributed by atoms with van der Waals surface area (Å²) in [5.74, 6) is -7.22. The first-order valence-electron chi connectivity index (χ1n) is 23.8. The Morgan fingerprint density at radius 1 is 0.766 bits per heavy atom. The van der Waals surface area contributed by atoms with Gasteiger partial charge in [-0.3, -0.25) is 4.79 Å². The Kier molecular flexibility index (Phi) is 15.1. The van der Waals surface area contributed by atoms with Gasteiger partial charge in [-0.2, -0.15) is 0 Å². The number of ether oxygens (including phenoxy) is 12. The third kappa shape index (κ3) is 9.46. The molecule has 0 amide bonds. The fraction of sp³-hybridized carbons (Fsp3) is 0.979. The molecule has 4 N–H and O–H groups in total. The minimum Gasteiger partial charge on any atom is -0.481 e. The van der Waals surface area contributed by atoms with Crippen molar-refractivity contribution in [1.29, 1.82) is 0 Å². The lowest BCUT2D eigenvalue weighted by Crippen LogP contribution is -2.65. The molecule has 0 aromatic carbocycles. The van der Waals surface area contributed by atoms with Crippen molar-refractivity contribution in [1.82, 2.24) is 0 Å². The minimum atomic E-state index is -2.03. The number of carbonyl (C=O) groups is 1. The van der Waals surface area contributed by atoms with Crippen molar-refractivity contribution in [3.05, 3.63) is 0 Å². The zero-order valence-electron chi connectivity index (χ0n) is 40.4. The predicted octanol–water partition coefficient (Wildman–Crippen LogP) is 4.32. The normalized spacial score (nSPS) is 54.1. The quantitative estimate of drug-likeness (QED) is 0.203. The van der Waals surface area contributed by atoms with Gasteiger partial charge in [-0.1, -0.05) is 34.6 Å². The molecule has 0 bridgehead atoms. The number of aliphatic hydroxyl groups excluding tert-OH is 1. The van der Waals surface area contributed by atoms with Crippen molar-refractivity contribution >= 4 is 5.97 Å². The molecule has 7 heterocycles. The van der Waals surface area contributed by atoms with E-state index in [4.69, 9.17) is 56.8 Å². The monoisotopic (exact) mass is 917 g/mol. The van der Waals surface area contributed by atoms with E-state index < -0.39 is 114 Å². The Balaban J connectivity index is 1.10. The molecule has 0 aromatic heterocycles. The molecule has 24 unspecified atom stereocenters. The van der Waals surface area contributed by atoms with Gasteiger partial charge < -0.3 is 77.3 Å². The topological polar surface area (TPSA) is 209 Å². The number of rotatable bonds is 13. The smallest absolute Gasteiger partial charge is 0.308 e. The summed E-state index contributed by atoms with van der Waals surface area (Å²) in [6.45, 7) is 17.5. The average Bonchev–Trinajstić information content (AvgIpc) is 3.94. The van der Waals surface area contributed by atoms with E-state index in [0.717, 1.165) is 6.42 Å². The second-order valence-electron chi connectivity index (χ2n) is 21.3. The molecule has 7 saturated heterocycles. The van der Waals surface area contributed by atoms with Crippen LogP contribution in [0.15, 0.2) is 0 Å². The van der Waals surface area contributed by atoms with E-state index in [9.17, 15) is 25.2 Å². The van der Waals surface area contributed by atoms with Crippen LogP contribution in [0.5, 0.6) is 0 Å². The Labute approximate surface area is 379 Å². The van der Waals surface area contributed by atoms with E-state index in [1.807, 2.05) is 34.6 Å². The summed E-state index contributed by atoms with van der Waals surface area (Å²) >= 11 is 0. The highest BCUT2D eigenvalue weighted by atomic mass is 16.7. The van der Waals surface area contributed by atoms with Gasteiger partial charge in [0, 0.05) is 77.8 Å². The standard InChI is InChI=1S/C47H80O17/c1-23-18-24(2)45(9,51)61-35(23)31-20-32(59-42-39(55-12)30(53-10)19-25(3)57-42)41(58-31)44(8)15-14-33(60-44)43(7)16-17-46(64-43)21-29(48)26(4)36(62-46)27(5)37-40(56-13)38(54-11)28(6)47(52,63-37)22-34(49)50/h23-33,35-42,48,51-52H,14-22H2,1-13H3,(H,49,50). The van der Waals surface area contributed by atoms with E-state index in [1.54, 1.807) is 28.1 Å². The van der Waals surface area contributed by atoms with Crippen LogP contribution in [0, 0.1) is 29.6 Å². The maximum Gasteiger partial charge on any atom is 0.308 e. The van der Waals surface area contributed by atoms with E-state index in [1.165, 1.54) is 14.2 Å². The summed E-state index contributed by atoms with van der Waals surface area (Å²) < 4.78 is 77.9. The molecule has 17 nitrogen and oxygen atoms in total. The molecule has 7 aliphatic rings. The molecule has 1 spiro atoms. The molecule has 17 heteroatoms. The van der Waals surface area contributed by atoms with Crippen LogP contribution in [-0.2, 0) is 61.6 Å².